The van der Waals surface area contributed by atoms with Crippen molar-refractivity contribution in [3.05, 3.63) is 33.8 Å². The molecule has 1 aliphatic carbocycles. The molecule has 2 rings (SSSR count). The lowest BCUT2D eigenvalue weighted by atomic mass is 10.2. The summed E-state index contributed by atoms with van der Waals surface area (Å²) in [6, 6.07) is 4.98. The smallest absolute Gasteiger partial charge is 0.305 e. The van der Waals surface area contributed by atoms with E-state index in [4.69, 9.17) is 28.3 Å². The van der Waals surface area contributed by atoms with Crippen LogP contribution < -0.4 is 0 Å². The third kappa shape index (κ3) is 3.39. The second-order valence-electron chi connectivity index (χ2n) is 4.47. The Bertz CT molecular complexity index is 494. The third-order valence-corrected chi connectivity index (χ3v) is 3.62. The molecule has 0 bridgehead atoms. The number of rotatable bonds is 5. The molecule has 0 aromatic heterocycles. The molecule has 0 radical (unpaired) electrons. The Labute approximate surface area is 120 Å². The molecule has 19 heavy (non-hydrogen) atoms. The highest BCUT2D eigenvalue weighted by atomic mass is 35.5. The molecule has 1 fully saturated rings. The Balaban J connectivity index is 2.21. The maximum Gasteiger partial charge on any atom is 0.305 e. The lowest BCUT2D eigenvalue weighted by molar-refractivity contribution is -0.137. The molecule has 0 atom stereocenters. The van der Waals surface area contributed by atoms with Gasteiger partial charge in [-0.05, 0) is 25.0 Å². The number of hydrogen-bond donors (Lipinski definition) is 1. The number of hydrogen-bond acceptors (Lipinski definition) is 2. The molecule has 0 spiro atoms. The molecule has 0 saturated heterocycles. The van der Waals surface area contributed by atoms with E-state index in [0.29, 0.717) is 10.0 Å². The topological polar surface area (TPSA) is 57.6 Å². The lowest BCUT2D eigenvalue weighted by Gasteiger charge is -2.22. The first-order valence-electron chi connectivity index (χ1n) is 5.97. The Morgan fingerprint density at radius 3 is 2.32 bits per heavy atom. The number of benzene rings is 1. The van der Waals surface area contributed by atoms with Crippen LogP contribution in [-0.4, -0.2) is 34.5 Å². The maximum atomic E-state index is 12.4. The summed E-state index contributed by atoms with van der Waals surface area (Å²) in [5.41, 5.74) is 0.253. The van der Waals surface area contributed by atoms with Crippen LogP contribution in [0.3, 0.4) is 0 Å². The summed E-state index contributed by atoms with van der Waals surface area (Å²) in [6.45, 7) is 0.181. The zero-order valence-electron chi connectivity index (χ0n) is 10.1. The van der Waals surface area contributed by atoms with Gasteiger partial charge in [-0.15, -0.1) is 0 Å². The van der Waals surface area contributed by atoms with E-state index in [1.807, 2.05) is 0 Å². The first kappa shape index (κ1) is 14.2. The van der Waals surface area contributed by atoms with E-state index in [9.17, 15) is 9.59 Å². The standard InChI is InChI=1S/C13H13Cl2NO3/c14-9-2-1-3-10(15)12(9)13(19)16(8-4-5-8)7-6-11(17)18/h1-3,8H,4-7H2,(H,17,18). The monoisotopic (exact) mass is 301 g/mol. The largest absolute Gasteiger partial charge is 0.481 e. The number of carbonyl (C=O) groups excluding carboxylic acids is 1. The molecule has 102 valence electrons. The van der Waals surface area contributed by atoms with E-state index >= 15 is 0 Å². The minimum atomic E-state index is -0.927. The number of carboxylic acids is 1. The highest BCUT2D eigenvalue weighted by molar-refractivity contribution is 6.39. The molecule has 1 amide bonds. The van der Waals surface area contributed by atoms with Crippen LogP contribution in [0.1, 0.15) is 29.6 Å². The number of halogens is 2. The fourth-order valence-electron chi connectivity index (χ4n) is 1.90. The van der Waals surface area contributed by atoms with E-state index in [-0.39, 0.29) is 30.5 Å². The van der Waals surface area contributed by atoms with Gasteiger partial charge in [0.2, 0.25) is 0 Å². The number of carboxylic acid groups (broad SMARTS) is 1. The second kappa shape index (κ2) is 5.80. The normalized spacial score (nSPS) is 14.2. The molecule has 0 aliphatic heterocycles. The van der Waals surface area contributed by atoms with Crippen LogP contribution in [0.4, 0.5) is 0 Å². The third-order valence-electron chi connectivity index (χ3n) is 2.99. The first-order chi connectivity index (χ1) is 9.00. The van der Waals surface area contributed by atoms with Crippen molar-refractivity contribution in [3.8, 4) is 0 Å². The average molecular weight is 302 g/mol. The minimum absolute atomic E-state index is 0.0791. The first-order valence-corrected chi connectivity index (χ1v) is 6.73. The van der Waals surface area contributed by atoms with Gasteiger partial charge in [-0.1, -0.05) is 29.3 Å². The number of nitrogens with zero attached hydrogens (tertiary/aromatic N) is 1. The van der Waals surface area contributed by atoms with E-state index in [2.05, 4.69) is 0 Å². The molecule has 0 heterocycles. The number of amides is 1. The van der Waals surface area contributed by atoms with Gasteiger partial charge in [0.15, 0.2) is 0 Å². The van der Waals surface area contributed by atoms with E-state index in [0.717, 1.165) is 12.8 Å². The molecule has 1 aromatic rings. The molecular formula is C13H13Cl2NO3. The van der Waals surface area contributed by atoms with Gasteiger partial charge in [-0.3, -0.25) is 9.59 Å². The Morgan fingerprint density at radius 2 is 1.84 bits per heavy atom. The van der Waals surface area contributed by atoms with Crippen LogP contribution in [-0.2, 0) is 4.79 Å². The van der Waals surface area contributed by atoms with Crippen LogP contribution >= 0.6 is 23.2 Å². The molecule has 1 aromatic carbocycles. The zero-order valence-corrected chi connectivity index (χ0v) is 11.6. The highest BCUT2D eigenvalue weighted by Crippen LogP contribution is 2.32. The fraction of sp³-hybridized carbons (Fsp3) is 0.385. The molecule has 1 aliphatic rings. The van der Waals surface area contributed by atoms with Crippen molar-refractivity contribution in [2.24, 2.45) is 0 Å². The quantitative estimate of drug-likeness (QED) is 0.909. The molecule has 1 saturated carbocycles. The van der Waals surface area contributed by atoms with Crippen molar-refractivity contribution < 1.29 is 14.7 Å². The fourth-order valence-corrected chi connectivity index (χ4v) is 2.46. The van der Waals surface area contributed by atoms with Gasteiger partial charge in [-0.2, -0.15) is 0 Å². The lowest BCUT2D eigenvalue weighted by Crippen LogP contribution is -2.35. The van der Waals surface area contributed by atoms with Gasteiger partial charge in [0.25, 0.3) is 5.91 Å². The SMILES string of the molecule is O=C(O)CCN(C(=O)c1c(Cl)cccc1Cl)C1CC1. The summed E-state index contributed by atoms with van der Waals surface area (Å²) >= 11 is 12.0. The van der Waals surface area contributed by atoms with Crippen molar-refractivity contribution in [2.75, 3.05) is 6.54 Å². The highest BCUT2D eigenvalue weighted by Gasteiger charge is 2.34. The summed E-state index contributed by atoms with van der Waals surface area (Å²) in [4.78, 5) is 24.7. The van der Waals surface area contributed by atoms with Crippen molar-refractivity contribution in [2.45, 2.75) is 25.3 Å². The Kier molecular flexibility index (Phi) is 4.32. The Hall–Kier alpha value is -1.26. The molecule has 4 nitrogen and oxygen atoms in total. The van der Waals surface area contributed by atoms with E-state index in [1.54, 1.807) is 23.1 Å². The van der Waals surface area contributed by atoms with Gasteiger partial charge >= 0.3 is 5.97 Å². The van der Waals surface area contributed by atoms with Crippen molar-refractivity contribution in [1.29, 1.82) is 0 Å². The Morgan fingerprint density at radius 1 is 1.26 bits per heavy atom. The summed E-state index contributed by atoms with van der Waals surface area (Å²) < 4.78 is 0. The second-order valence-corrected chi connectivity index (χ2v) is 5.28. The van der Waals surface area contributed by atoms with Crippen molar-refractivity contribution in [3.63, 3.8) is 0 Å². The van der Waals surface area contributed by atoms with Crippen LogP contribution in [0.5, 0.6) is 0 Å². The van der Waals surface area contributed by atoms with Crippen LogP contribution in [0.15, 0.2) is 18.2 Å². The molecule has 1 N–H and O–H groups in total. The van der Waals surface area contributed by atoms with Crippen molar-refractivity contribution >= 4 is 35.1 Å². The van der Waals surface area contributed by atoms with Gasteiger partial charge in [0.05, 0.1) is 22.0 Å². The van der Waals surface area contributed by atoms with Crippen molar-refractivity contribution in [1.82, 2.24) is 4.90 Å². The van der Waals surface area contributed by atoms with E-state index in [1.165, 1.54) is 0 Å². The van der Waals surface area contributed by atoms with Gasteiger partial charge < -0.3 is 10.0 Å². The minimum Gasteiger partial charge on any atom is -0.481 e. The van der Waals surface area contributed by atoms with E-state index < -0.39 is 5.97 Å². The maximum absolute atomic E-state index is 12.4. The zero-order chi connectivity index (χ0) is 14.0. The van der Waals surface area contributed by atoms with Gasteiger partial charge in [0.1, 0.15) is 0 Å². The van der Waals surface area contributed by atoms with Gasteiger partial charge in [0, 0.05) is 12.6 Å². The predicted octanol–water partition coefficient (Wildman–Crippen LogP) is 3.07. The van der Waals surface area contributed by atoms with Gasteiger partial charge in [-0.25, -0.2) is 0 Å². The predicted molar refractivity (Wildman–Crippen MR) is 72.8 cm³/mol. The van der Waals surface area contributed by atoms with Crippen LogP contribution in [0.2, 0.25) is 10.0 Å². The molecule has 0 unspecified atom stereocenters. The molecular weight excluding hydrogens is 289 g/mol. The van der Waals surface area contributed by atoms with Crippen LogP contribution in [0, 0.1) is 0 Å². The summed E-state index contributed by atoms with van der Waals surface area (Å²) in [7, 11) is 0. The summed E-state index contributed by atoms with van der Waals surface area (Å²) in [6.07, 6.45) is 1.71. The number of aliphatic carboxylic acids is 1. The average Bonchev–Trinajstić information content (AvgIpc) is 3.13. The molecule has 6 heteroatoms. The summed E-state index contributed by atoms with van der Waals surface area (Å²) in [5, 5.41) is 9.32. The van der Waals surface area contributed by atoms with Crippen LogP contribution in [0.25, 0.3) is 0 Å². The summed E-state index contributed by atoms with van der Waals surface area (Å²) in [5.74, 6) is -1.22. The number of carbonyl (C=O) groups is 2.